The number of alkyl halides is 4. The van der Waals surface area contributed by atoms with Gasteiger partial charge in [-0.05, 0) is 25.5 Å². The molecule has 0 fully saturated rings. The topological polar surface area (TPSA) is 67.4 Å². The number of benzene rings is 1. The van der Waals surface area contributed by atoms with Crippen LogP contribution in [0.2, 0.25) is 0 Å². The Morgan fingerprint density at radius 3 is 2.35 bits per heavy atom. The number of hydrogen-bond acceptors (Lipinski definition) is 4. The fraction of sp³-hybridized carbons (Fsp3) is 0.429. The number of hydrogen-bond donors (Lipinski definition) is 2. The third kappa shape index (κ3) is 4.28. The van der Waals surface area contributed by atoms with Crippen molar-refractivity contribution >= 4 is 29.2 Å². The van der Waals surface area contributed by atoms with Gasteiger partial charge in [0.2, 0.25) is 5.91 Å². The first-order chi connectivity index (χ1) is 10.7. The van der Waals surface area contributed by atoms with E-state index in [2.05, 4.69) is 10.1 Å². The highest BCUT2D eigenvalue weighted by Crippen LogP contribution is 2.34. The quantitative estimate of drug-likeness (QED) is 0.469. The van der Waals surface area contributed by atoms with Gasteiger partial charge >= 0.3 is 17.8 Å². The zero-order valence-corrected chi connectivity index (χ0v) is 13.2. The van der Waals surface area contributed by atoms with Crippen molar-refractivity contribution in [2.75, 3.05) is 17.8 Å². The monoisotopic (exact) mass is 352 g/mol. The van der Waals surface area contributed by atoms with Crippen LogP contribution in [0.15, 0.2) is 24.3 Å². The van der Waals surface area contributed by atoms with Crippen molar-refractivity contribution in [3.8, 4) is 0 Å². The molecule has 0 aliphatic carbocycles. The van der Waals surface area contributed by atoms with Gasteiger partial charge in [0.25, 0.3) is 0 Å². The van der Waals surface area contributed by atoms with Crippen LogP contribution in [0.1, 0.15) is 12.5 Å². The van der Waals surface area contributed by atoms with E-state index in [1.807, 2.05) is 0 Å². The van der Waals surface area contributed by atoms with Gasteiger partial charge < -0.3 is 15.4 Å². The number of nitrogens with one attached hydrogen (secondary N) is 2. The van der Waals surface area contributed by atoms with Crippen LogP contribution >= 0.6 is 11.6 Å². The first-order valence-electron chi connectivity index (χ1n) is 6.62. The van der Waals surface area contributed by atoms with Crippen LogP contribution in [0.25, 0.3) is 0 Å². The minimum absolute atomic E-state index is 0.0211. The Kier molecular flexibility index (Phi) is 6.26. The molecule has 1 aromatic carbocycles. The summed E-state index contributed by atoms with van der Waals surface area (Å²) in [5.41, 5.74) is -2.96. The smallest absolute Gasteiger partial charge is 0.441 e. The lowest BCUT2D eigenvalue weighted by Crippen LogP contribution is -2.69. The summed E-state index contributed by atoms with van der Waals surface area (Å²) in [6, 6.07) is 6.02. The number of halogens is 4. The molecule has 128 valence electrons. The summed E-state index contributed by atoms with van der Waals surface area (Å²) >= 11 is 5.26. The van der Waals surface area contributed by atoms with Crippen molar-refractivity contribution < 1.29 is 27.5 Å². The summed E-state index contributed by atoms with van der Waals surface area (Å²) in [6.45, 7) is 2.62. The van der Waals surface area contributed by atoms with Gasteiger partial charge in [0.05, 0.1) is 6.61 Å². The Morgan fingerprint density at radius 2 is 1.87 bits per heavy atom. The molecule has 1 aromatic rings. The molecule has 23 heavy (non-hydrogen) atoms. The molecule has 9 heteroatoms. The zero-order valence-electron chi connectivity index (χ0n) is 12.5. The molecule has 0 bridgehead atoms. The van der Waals surface area contributed by atoms with Gasteiger partial charge in [0, 0.05) is 5.69 Å². The van der Waals surface area contributed by atoms with Crippen LogP contribution in [-0.2, 0) is 14.3 Å². The van der Waals surface area contributed by atoms with Gasteiger partial charge in [-0.1, -0.05) is 18.2 Å². The maximum Gasteiger partial charge on any atom is 0.441 e. The lowest BCUT2D eigenvalue weighted by molar-refractivity contribution is -0.207. The van der Waals surface area contributed by atoms with Crippen molar-refractivity contribution in [2.45, 2.75) is 25.7 Å². The van der Waals surface area contributed by atoms with Gasteiger partial charge in [-0.2, -0.15) is 13.2 Å². The average molecular weight is 353 g/mol. The Labute approximate surface area is 136 Å². The van der Waals surface area contributed by atoms with Crippen molar-refractivity contribution in [3.63, 3.8) is 0 Å². The largest absolute Gasteiger partial charge is 0.463 e. The van der Waals surface area contributed by atoms with Gasteiger partial charge in [-0.3, -0.25) is 4.79 Å². The van der Waals surface area contributed by atoms with Crippen LogP contribution in [0.5, 0.6) is 0 Å². The molecule has 2 N–H and O–H groups in total. The van der Waals surface area contributed by atoms with Crippen LogP contribution in [-0.4, -0.2) is 36.2 Å². The highest BCUT2D eigenvalue weighted by molar-refractivity contribution is 6.27. The number of anilines is 1. The third-order valence-electron chi connectivity index (χ3n) is 2.92. The van der Waals surface area contributed by atoms with Crippen molar-refractivity contribution in [3.05, 3.63) is 29.8 Å². The second-order valence-corrected chi connectivity index (χ2v) is 4.86. The number of carbonyl (C=O) groups excluding carboxylic acids is 2. The van der Waals surface area contributed by atoms with Crippen molar-refractivity contribution in [1.29, 1.82) is 0 Å². The number of ether oxygens (including phenoxy) is 1. The Balaban J connectivity index is 3.39. The van der Waals surface area contributed by atoms with E-state index >= 15 is 0 Å². The van der Waals surface area contributed by atoms with E-state index in [-0.39, 0.29) is 12.3 Å². The van der Waals surface area contributed by atoms with Gasteiger partial charge in [-0.25, -0.2) is 4.79 Å². The fourth-order valence-electron chi connectivity index (χ4n) is 1.79. The lowest BCUT2D eigenvalue weighted by Gasteiger charge is -2.35. The molecular weight excluding hydrogens is 337 g/mol. The SMILES string of the molecule is CCOC(=O)C(NC(=O)CCl)(Nc1ccccc1C)C(F)(F)F. The minimum Gasteiger partial charge on any atom is -0.463 e. The van der Waals surface area contributed by atoms with E-state index in [0.29, 0.717) is 5.56 Å². The van der Waals surface area contributed by atoms with E-state index in [0.717, 1.165) is 0 Å². The summed E-state index contributed by atoms with van der Waals surface area (Å²) in [6.07, 6.45) is -5.16. The number of carbonyl (C=O) groups is 2. The Hall–Kier alpha value is -1.96. The summed E-state index contributed by atoms with van der Waals surface area (Å²) < 4.78 is 45.4. The predicted molar refractivity (Wildman–Crippen MR) is 79.1 cm³/mol. The molecule has 0 saturated heterocycles. The average Bonchev–Trinajstić information content (AvgIpc) is 2.47. The van der Waals surface area contributed by atoms with E-state index in [4.69, 9.17) is 11.6 Å². The number of esters is 1. The summed E-state index contributed by atoms with van der Waals surface area (Å²) in [7, 11) is 0. The molecule has 5 nitrogen and oxygen atoms in total. The Morgan fingerprint density at radius 1 is 1.26 bits per heavy atom. The van der Waals surface area contributed by atoms with Crippen molar-refractivity contribution in [1.82, 2.24) is 5.32 Å². The molecule has 0 radical (unpaired) electrons. The summed E-state index contributed by atoms with van der Waals surface area (Å²) in [5, 5.41) is 3.66. The van der Waals surface area contributed by atoms with Crippen molar-refractivity contribution in [2.24, 2.45) is 0 Å². The fourth-order valence-corrected chi connectivity index (χ4v) is 1.85. The van der Waals surface area contributed by atoms with Crippen LogP contribution in [0.4, 0.5) is 18.9 Å². The zero-order chi connectivity index (χ0) is 17.7. The van der Waals surface area contributed by atoms with Gasteiger partial charge in [0.1, 0.15) is 5.88 Å². The molecule has 1 rings (SSSR count). The van der Waals surface area contributed by atoms with E-state index in [1.54, 1.807) is 24.4 Å². The molecule has 0 aliphatic rings. The van der Waals surface area contributed by atoms with E-state index in [1.165, 1.54) is 19.1 Å². The first kappa shape index (κ1) is 19.1. The second-order valence-electron chi connectivity index (χ2n) is 4.59. The summed E-state index contributed by atoms with van der Waals surface area (Å²) in [5.74, 6) is -3.58. The molecule has 0 aliphatic heterocycles. The second kappa shape index (κ2) is 7.54. The van der Waals surface area contributed by atoms with Gasteiger partial charge in [0.15, 0.2) is 0 Å². The molecule has 0 saturated carbocycles. The summed E-state index contributed by atoms with van der Waals surface area (Å²) in [4.78, 5) is 23.5. The first-order valence-corrected chi connectivity index (χ1v) is 7.16. The van der Waals surface area contributed by atoms with Crippen LogP contribution < -0.4 is 10.6 Å². The van der Waals surface area contributed by atoms with Crippen LogP contribution in [0, 0.1) is 6.92 Å². The van der Waals surface area contributed by atoms with E-state index < -0.39 is 29.6 Å². The molecule has 1 atom stereocenters. The number of aryl methyl sites for hydroxylation is 1. The molecule has 0 aromatic heterocycles. The predicted octanol–water partition coefficient (Wildman–Crippen LogP) is 2.58. The standard InChI is InChI=1S/C14H16ClF3N2O3/c1-3-23-12(22)13(14(16,17)18,20-11(21)8-15)19-10-7-5-4-6-9(10)2/h4-7,19H,3,8H2,1-2H3,(H,20,21). The highest BCUT2D eigenvalue weighted by Gasteiger charge is 2.63. The van der Waals surface area contributed by atoms with Gasteiger partial charge in [-0.15, -0.1) is 11.6 Å². The number of amides is 1. The number of rotatable bonds is 6. The number of para-hydroxylation sites is 1. The molecule has 1 amide bonds. The van der Waals surface area contributed by atoms with Crippen LogP contribution in [0.3, 0.4) is 0 Å². The normalized spacial score (nSPS) is 13.8. The highest BCUT2D eigenvalue weighted by atomic mass is 35.5. The molecule has 1 unspecified atom stereocenters. The molecule has 0 spiro atoms. The lowest BCUT2D eigenvalue weighted by atomic mass is 10.1. The minimum atomic E-state index is -5.16. The molecule has 0 heterocycles. The maximum atomic E-state index is 13.6. The third-order valence-corrected chi connectivity index (χ3v) is 3.17. The van der Waals surface area contributed by atoms with E-state index in [9.17, 15) is 22.8 Å². The molecular formula is C14H16ClF3N2O3. The maximum absolute atomic E-state index is 13.6. The Bertz CT molecular complexity index is 581.